The summed E-state index contributed by atoms with van der Waals surface area (Å²) in [6, 6.07) is 0. The maximum absolute atomic E-state index is 12.0. The number of carbonyl (C=O) groups is 1. The molecule has 0 radical (unpaired) electrons. The van der Waals surface area contributed by atoms with E-state index in [2.05, 4.69) is 5.32 Å². The molecular formula is C12H24N2O3. The molecule has 0 bridgehead atoms. The van der Waals surface area contributed by atoms with Crippen LogP contribution in [0.2, 0.25) is 0 Å². The number of carbonyl (C=O) groups excluding carboxylic acids is 1. The molecule has 1 unspecified atom stereocenters. The Morgan fingerprint density at radius 3 is 2.94 bits per heavy atom. The number of aliphatic hydroxyl groups is 1. The number of nitrogens with zero attached hydrogens (tertiary/aromatic N) is 1. The van der Waals surface area contributed by atoms with Crippen LogP contribution in [-0.4, -0.2) is 62.4 Å². The quantitative estimate of drug-likeness (QED) is 0.653. The van der Waals surface area contributed by atoms with Crippen molar-refractivity contribution in [1.29, 1.82) is 0 Å². The molecule has 0 spiro atoms. The van der Waals surface area contributed by atoms with Gasteiger partial charge in [0.2, 0.25) is 5.91 Å². The van der Waals surface area contributed by atoms with Crippen LogP contribution in [0.1, 0.15) is 19.3 Å². The summed E-state index contributed by atoms with van der Waals surface area (Å²) >= 11 is 0. The van der Waals surface area contributed by atoms with Crippen molar-refractivity contribution in [2.24, 2.45) is 5.92 Å². The van der Waals surface area contributed by atoms with Crippen molar-refractivity contribution in [3.63, 3.8) is 0 Å². The second-order valence-electron chi connectivity index (χ2n) is 4.51. The summed E-state index contributed by atoms with van der Waals surface area (Å²) in [6.07, 6.45) is 2.85. The van der Waals surface area contributed by atoms with E-state index in [1.165, 1.54) is 0 Å². The molecule has 5 nitrogen and oxygen atoms in total. The average Bonchev–Trinajstić information content (AvgIpc) is 2.35. The van der Waals surface area contributed by atoms with Crippen LogP contribution in [0.15, 0.2) is 0 Å². The molecule has 1 atom stereocenters. The van der Waals surface area contributed by atoms with Gasteiger partial charge in [0.15, 0.2) is 0 Å². The maximum Gasteiger partial charge on any atom is 0.223 e. The molecular weight excluding hydrogens is 220 g/mol. The van der Waals surface area contributed by atoms with E-state index in [-0.39, 0.29) is 12.5 Å². The molecule has 0 aromatic heterocycles. The smallest absolute Gasteiger partial charge is 0.223 e. The third-order valence-corrected chi connectivity index (χ3v) is 3.15. The van der Waals surface area contributed by atoms with Crippen LogP contribution in [0.3, 0.4) is 0 Å². The summed E-state index contributed by atoms with van der Waals surface area (Å²) in [4.78, 5) is 13.7. The van der Waals surface area contributed by atoms with Gasteiger partial charge in [0, 0.05) is 26.6 Å². The lowest BCUT2D eigenvalue weighted by molar-refractivity contribution is -0.133. The van der Waals surface area contributed by atoms with Crippen LogP contribution in [0.25, 0.3) is 0 Å². The van der Waals surface area contributed by atoms with Crippen LogP contribution in [0, 0.1) is 5.92 Å². The van der Waals surface area contributed by atoms with Gasteiger partial charge < -0.3 is 20.1 Å². The molecule has 17 heavy (non-hydrogen) atoms. The second-order valence-corrected chi connectivity index (χ2v) is 4.51. The van der Waals surface area contributed by atoms with Crippen LogP contribution in [0.4, 0.5) is 0 Å². The minimum atomic E-state index is 0.0123. The Bertz CT molecular complexity index is 218. The van der Waals surface area contributed by atoms with Crippen molar-refractivity contribution in [2.45, 2.75) is 19.3 Å². The predicted octanol–water partition coefficient (Wildman–Crippen LogP) is -0.157. The zero-order valence-electron chi connectivity index (χ0n) is 10.7. The molecule has 0 aromatic carbocycles. The van der Waals surface area contributed by atoms with E-state index in [4.69, 9.17) is 9.84 Å². The summed E-state index contributed by atoms with van der Waals surface area (Å²) in [5.41, 5.74) is 0. The van der Waals surface area contributed by atoms with E-state index in [1.54, 1.807) is 12.0 Å². The lowest BCUT2D eigenvalue weighted by Gasteiger charge is -2.26. The van der Waals surface area contributed by atoms with Crippen molar-refractivity contribution in [3.8, 4) is 0 Å². The molecule has 0 saturated carbocycles. The summed E-state index contributed by atoms with van der Waals surface area (Å²) < 4.78 is 4.97. The van der Waals surface area contributed by atoms with Gasteiger partial charge in [-0.25, -0.2) is 0 Å². The topological polar surface area (TPSA) is 61.8 Å². The van der Waals surface area contributed by atoms with E-state index in [0.29, 0.717) is 32.0 Å². The first-order chi connectivity index (χ1) is 8.27. The minimum absolute atomic E-state index is 0.0123. The molecule has 1 aliphatic heterocycles. The average molecular weight is 244 g/mol. The number of piperidine rings is 1. The number of methoxy groups -OCH3 is 1. The molecule has 100 valence electrons. The first-order valence-corrected chi connectivity index (χ1v) is 6.36. The molecule has 5 heteroatoms. The van der Waals surface area contributed by atoms with Gasteiger partial charge in [-0.15, -0.1) is 0 Å². The molecule has 1 amide bonds. The third-order valence-electron chi connectivity index (χ3n) is 3.15. The summed E-state index contributed by atoms with van der Waals surface area (Å²) in [5.74, 6) is 0.574. The summed E-state index contributed by atoms with van der Waals surface area (Å²) in [6.45, 7) is 3.50. The molecule has 1 aliphatic rings. The van der Waals surface area contributed by atoms with Gasteiger partial charge in [0.05, 0.1) is 13.2 Å². The highest BCUT2D eigenvalue weighted by Gasteiger charge is 2.20. The van der Waals surface area contributed by atoms with Crippen LogP contribution < -0.4 is 5.32 Å². The first-order valence-electron chi connectivity index (χ1n) is 6.36. The number of hydrogen-bond donors (Lipinski definition) is 2. The van der Waals surface area contributed by atoms with Gasteiger partial charge in [-0.2, -0.15) is 0 Å². The predicted molar refractivity (Wildman–Crippen MR) is 65.8 cm³/mol. The largest absolute Gasteiger partial charge is 0.395 e. The first kappa shape index (κ1) is 14.4. The van der Waals surface area contributed by atoms with E-state index < -0.39 is 0 Å². The number of ether oxygens (including phenoxy) is 1. The Morgan fingerprint density at radius 1 is 1.53 bits per heavy atom. The zero-order chi connectivity index (χ0) is 12.5. The van der Waals surface area contributed by atoms with Gasteiger partial charge in [-0.1, -0.05) is 0 Å². The monoisotopic (exact) mass is 244 g/mol. The van der Waals surface area contributed by atoms with Crippen LogP contribution in [-0.2, 0) is 9.53 Å². The number of rotatable bonds is 7. The van der Waals surface area contributed by atoms with Gasteiger partial charge in [-0.05, 0) is 31.8 Å². The molecule has 1 rings (SSSR count). The highest BCUT2D eigenvalue weighted by atomic mass is 16.5. The number of hydrogen-bond acceptors (Lipinski definition) is 4. The van der Waals surface area contributed by atoms with E-state index in [9.17, 15) is 4.79 Å². The van der Waals surface area contributed by atoms with Crippen LogP contribution in [0.5, 0.6) is 0 Å². The Kier molecular flexibility index (Phi) is 7.16. The zero-order valence-corrected chi connectivity index (χ0v) is 10.7. The number of nitrogens with one attached hydrogen (secondary N) is 1. The number of amides is 1. The SMILES string of the molecule is COCCN(CCO)C(=O)CC1CCCNC1. The van der Waals surface area contributed by atoms with Crippen molar-refractivity contribution in [1.82, 2.24) is 10.2 Å². The summed E-state index contributed by atoms with van der Waals surface area (Å²) in [7, 11) is 1.62. The van der Waals surface area contributed by atoms with Crippen molar-refractivity contribution >= 4 is 5.91 Å². The summed E-state index contributed by atoms with van der Waals surface area (Å²) in [5, 5.41) is 12.3. The normalized spacial score (nSPS) is 20.2. The fraction of sp³-hybridized carbons (Fsp3) is 0.917. The third kappa shape index (κ3) is 5.48. The van der Waals surface area contributed by atoms with E-state index >= 15 is 0 Å². The Hall–Kier alpha value is -0.650. The second kappa shape index (κ2) is 8.44. The van der Waals surface area contributed by atoms with E-state index in [0.717, 1.165) is 25.9 Å². The fourth-order valence-electron chi connectivity index (χ4n) is 2.16. The fourth-order valence-corrected chi connectivity index (χ4v) is 2.16. The highest BCUT2D eigenvalue weighted by molar-refractivity contribution is 5.76. The lowest BCUT2D eigenvalue weighted by Crippen LogP contribution is -2.39. The lowest BCUT2D eigenvalue weighted by atomic mass is 9.95. The van der Waals surface area contributed by atoms with Gasteiger partial charge in [0.25, 0.3) is 0 Å². The highest BCUT2D eigenvalue weighted by Crippen LogP contribution is 2.15. The molecule has 1 fully saturated rings. The maximum atomic E-state index is 12.0. The van der Waals surface area contributed by atoms with Crippen molar-refractivity contribution < 1.29 is 14.6 Å². The minimum Gasteiger partial charge on any atom is -0.395 e. The van der Waals surface area contributed by atoms with Crippen molar-refractivity contribution in [2.75, 3.05) is 46.5 Å². The Morgan fingerprint density at radius 2 is 2.35 bits per heavy atom. The molecule has 0 aromatic rings. The molecule has 1 saturated heterocycles. The molecule has 0 aliphatic carbocycles. The van der Waals surface area contributed by atoms with Gasteiger partial charge in [-0.3, -0.25) is 4.79 Å². The Balaban J connectivity index is 2.34. The Labute approximate surface area is 103 Å². The van der Waals surface area contributed by atoms with E-state index in [1.807, 2.05) is 0 Å². The van der Waals surface area contributed by atoms with Gasteiger partial charge in [0.1, 0.15) is 0 Å². The molecule has 1 heterocycles. The standard InChI is InChI=1S/C12H24N2O3/c1-17-8-6-14(5-7-15)12(16)9-11-3-2-4-13-10-11/h11,13,15H,2-10H2,1H3. The number of aliphatic hydroxyl groups excluding tert-OH is 1. The molecule has 2 N–H and O–H groups in total. The van der Waals surface area contributed by atoms with Crippen molar-refractivity contribution in [3.05, 3.63) is 0 Å². The van der Waals surface area contributed by atoms with Crippen LogP contribution >= 0.6 is 0 Å². The van der Waals surface area contributed by atoms with Gasteiger partial charge >= 0.3 is 0 Å².